The lowest BCUT2D eigenvalue weighted by Gasteiger charge is -2.36. The first-order valence-corrected chi connectivity index (χ1v) is 8.14. The first kappa shape index (κ1) is 15.5. The molecular weight excluding hydrogens is 322 g/mol. The zero-order chi connectivity index (χ0) is 17.4. The lowest BCUT2D eigenvalue weighted by atomic mass is 9.95. The maximum absolute atomic E-state index is 13.1. The van der Waals surface area contributed by atoms with Crippen LogP contribution in [0.1, 0.15) is 5.56 Å². The van der Waals surface area contributed by atoms with Crippen molar-refractivity contribution in [3.05, 3.63) is 54.1 Å². The molecule has 0 spiro atoms. The fourth-order valence-corrected chi connectivity index (χ4v) is 3.28. The average Bonchev–Trinajstić information content (AvgIpc) is 2.66. The first-order chi connectivity index (χ1) is 12.1. The molecule has 6 nitrogen and oxygen atoms in total. The summed E-state index contributed by atoms with van der Waals surface area (Å²) in [6, 6.07) is 14.7. The molecule has 6 heteroatoms. The van der Waals surface area contributed by atoms with E-state index in [-0.39, 0.29) is 25.0 Å². The van der Waals surface area contributed by atoms with Crippen LogP contribution in [0.3, 0.4) is 0 Å². The van der Waals surface area contributed by atoms with E-state index in [1.165, 1.54) is 4.90 Å². The number of carboxylic acids is 1. The highest BCUT2D eigenvalue weighted by Gasteiger charge is 2.37. The second kappa shape index (κ2) is 6.12. The SMILES string of the molecule is O=C(O)[C@@H]1CN(C(=O)[C@@H]2COc3ccccc3C2)c2ccccc2O1. The second-order valence-electron chi connectivity index (χ2n) is 6.18. The molecular formula is C19H17NO5. The van der Waals surface area contributed by atoms with Crippen molar-refractivity contribution < 1.29 is 24.2 Å². The van der Waals surface area contributed by atoms with Crippen molar-refractivity contribution in [3.63, 3.8) is 0 Å². The third-order valence-corrected chi connectivity index (χ3v) is 4.54. The lowest BCUT2D eigenvalue weighted by molar-refractivity contribution is -0.145. The van der Waals surface area contributed by atoms with Crippen LogP contribution in [0.25, 0.3) is 0 Å². The van der Waals surface area contributed by atoms with E-state index in [0.29, 0.717) is 17.9 Å². The number of ether oxygens (including phenoxy) is 2. The van der Waals surface area contributed by atoms with E-state index in [1.54, 1.807) is 24.3 Å². The van der Waals surface area contributed by atoms with Gasteiger partial charge in [-0.3, -0.25) is 4.79 Å². The number of aliphatic carboxylic acids is 1. The predicted octanol–water partition coefficient (Wildman–Crippen LogP) is 2.12. The van der Waals surface area contributed by atoms with E-state index in [9.17, 15) is 14.7 Å². The number of hydrogen-bond donors (Lipinski definition) is 1. The number of carbonyl (C=O) groups is 2. The molecule has 0 saturated heterocycles. The van der Waals surface area contributed by atoms with Crippen LogP contribution in [-0.2, 0) is 16.0 Å². The molecule has 2 heterocycles. The highest BCUT2D eigenvalue weighted by molar-refractivity contribution is 5.98. The van der Waals surface area contributed by atoms with E-state index in [4.69, 9.17) is 9.47 Å². The van der Waals surface area contributed by atoms with E-state index < -0.39 is 12.1 Å². The summed E-state index contributed by atoms with van der Waals surface area (Å²) in [5, 5.41) is 9.32. The van der Waals surface area contributed by atoms with Crippen molar-refractivity contribution in [3.8, 4) is 11.5 Å². The zero-order valence-corrected chi connectivity index (χ0v) is 13.4. The molecule has 0 radical (unpaired) electrons. The minimum atomic E-state index is -1.09. The van der Waals surface area contributed by atoms with Gasteiger partial charge >= 0.3 is 5.97 Å². The molecule has 0 bridgehead atoms. The Kier molecular flexibility index (Phi) is 3.80. The van der Waals surface area contributed by atoms with Gasteiger partial charge in [-0.1, -0.05) is 30.3 Å². The van der Waals surface area contributed by atoms with Gasteiger partial charge in [-0.25, -0.2) is 4.79 Å². The molecule has 1 amide bonds. The minimum Gasteiger partial charge on any atom is -0.492 e. The Morgan fingerprint density at radius 2 is 1.76 bits per heavy atom. The van der Waals surface area contributed by atoms with Crippen LogP contribution in [0.4, 0.5) is 5.69 Å². The standard InChI is InChI=1S/C19H17NO5/c21-18(13-9-12-5-1-3-7-15(12)24-11-13)20-10-17(19(22)23)25-16-8-4-2-6-14(16)20/h1-8,13,17H,9-11H2,(H,22,23)/t13-,17-/m0/s1. The fraction of sp³-hybridized carbons (Fsp3) is 0.263. The molecule has 2 aromatic carbocycles. The third-order valence-electron chi connectivity index (χ3n) is 4.54. The molecule has 2 atom stereocenters. The number of fused-ring (bicyclic) bond motifs is 2. The van der Waals surface area contributed by atoms with E-state index in [0.717, 1.165) is 11.3 Å². The number of carboxylic acid groups (broad SMARTS) is 1. The monoisotopic (exact) mass is 339 g/mol. The molecule has 0 aliphatic carbocycles. The second-order valence-corrected chi connectivity index (χ2v) is 6.18. The Bertz CT molecular complexity index is 834. The van der Waals surface area contributed by atoms with E-state index in [2.05, 4.69) is 0 Å². The molecule has 2 aliphatic rings. The molecule has 2 aliphatic heterocycles. The molecule has 25 heavy (non-hydrogen) atoms. The predicted molar refractivity (Wildman–Crippen MR) is 90.0 cm³/mol. The lowest BCUT2D eigenvalue weighted by Crippen LogP contribution is -2.50. The Hall–Kier alpha value is -3.02. The molecule has 0 unspecified atom stereocenters. The Balaban J connectivity index is 1.62. The maximum atomic E-state index is 13.1. The van der Waals surface area contributed by atoms with Crippen molar-refractivity contribution in [2.45, 2.75) is 12.5 Å². The number of hydrogen-bond acceptors (Lipinski definition) is 4. The molecule has 0 saturated carbocycles. The van der Waals surface area contributed by atoms with E-state index in [1.807, 2.05) is 24.3 Å². The Morgan fingerprint density at radius 1 is 1.04 bits per heavy atom. The number of nitrogens with zero attached hydrogens (tertiary/aromatic N) is 1. The summed E-state index contributed by atoms with van der Waals surface area (Å²) in [6.07, 6.45) is -0.498. The van der Waals surface area contributed by atoms with Crippen LogP contribution < -0.4 is 14.4 Å². The van der Waals surface area contributed by atoms with Crippen LogP contribution in [0, 0.1) is 5.92 Å². The topological polar surface area (TPSA) is 76.1 Å². The summed E-state index contributed by atoms with van der Waals surface area (Å²) in [5.41, 5.74) is 1.59. The Morgan fingerprint density at radius 3 is 2.56 bits per heavy atom. The highest BCUT2D eigenvalue weighted by atomic mass is 16.5. The van der Waals surface area contributed by atoms with Gasteiger partial charge in [0, 0.05) is 0 Å². The maximum Gasteiger partial charge on any atom is 0.346 e. The number of benzene rings is 2. The van der Waals surface area contributed by atoms with Gasteiger partial charge in [0.25, 0.3) is 0 Å². The van der Waals surface area contributed by atoms with Gasteiger partial charge in [-0.15, -0.1) is 0 Å². The summed E-state index contributed by atoms with van der Waals surface area (Å²) in [5.74, 6) is -0.367. The van der Waals surface area contributed by atoms with Crippen LogP contribution >= 0.6 is 0 Å². The van der Waals surface area contributed by atoms with Gasteiger partial charge in [-0.05, 0) is 30.2 Å². The van der Waals surface area contributed by atoms with Crippen LogP contribution in [0.5, 0.6) is 11.5 Å². The number of carbonyl (C=O) groups excluding carboxylic acids is 1. The molecule has 0 fully saturated rings. The van der Waals surface area contributed by atoms with Crippen molar-refractivity contribution >= 4 is 17.6 Å². The molecule has 4 rings (SSSR count). The van der Waals surface area contributed by atoms with E-state index >= 15 is 0 Å². The highest BCUT2D eigenvalue weighted by Crippen LogP contribution is 2.35. The molecule has 128 valence electrons. The Labute approximate surface area is 144 Å². The summed E-state index contributed by atoms with van der Waals surface area (Å²) in [4.78, 5) is 26.0. The van der Waals surface area contributed by atoms with Crippen molar-refractivity contribution in [2.75, 3.05) is 18.1 Å². The number of para-hydroxylation sites is 3. The molecule has 1 N–H and O–H groups in total. The van der Waals surface area contributed by atoms with Gasteiger partial charge in [0.1, 0.15) is 18.1 Å². The number of anilines is 1. The number of amides is 1. The van der Waals surface area contributed by atoms with Gasteiger partial charge in [0.05, 0.1) is 18.2 Å². The van der Waals surface area contributed by atoms with Crippen molar-refractivity contribution in [2.24, 2.45) is 5.92 Å². The van der Waals surface area contributed by atoms with Gasteiger partial charge in [-0.2, -0.15) is 0 Å². The fourth-order valence-electron chi connectivity index (χ4n) is 3.28. The summed E-state index contributed by atoms with van der Waals surface area (Å²) in [6.45, 7) is 0.274. The smallest absolute Gasteiger partial charge is 0.346 e. The third kappa shape index (κ3) is 2.80. The minimum absolute atomic E-state index is 0.0106. The average molecular weight is 339 g/mol. The van der Waals surface area contributed by atoms with Crippen molar-refractivity contribution in [1.29, 1.82) is 0 Å². The van der Waals surface area contributed by atoms with Crippen molar-refractivity contribution in [1.82, 2.24) is 0 Å². The normalized spacial score (nSPS) is 21.4. The van der Waals surface area contributed by atoms with Gasteiger partial charge in [0.15, 0.2) is 0 Å². The zero-order valence-electron chi connectivity index (χ0n) is 13.4. The van der Waals surface area contributed by atoms with Crippen LogP contribution in [-0.4, -0.2) is 36.2 Å². The molecule has 2 aromatic rings. The summed E-state index contributed by atoms with van der Waals surface area (Å²) in [7, 11) is 0. The van der Waals surface area contributed by atoms with Gasteiger partial charge in [0.2, 0.25) is 12.0 Å². The summed E-state index contributed by atoms with van der Waals surface area (Å²) >= 11 is 0. The van der Waals surface area contributed by atoms with Gasteiger partial charge < -0.3 is 19.5 Å². The van der Waals surface area contributed by atoms with Crippen LogP contribution in [0.15, 0.2) is 48.5 Å². The molecule has 0 aromatic heterocycles. The first-order valence-electron chi connectivity index (χ1n) is 8.14. The van der Waals surface area contributed by atoms with Crippen LogP contribution in [0.2, 0.25) is 0 Å². The number of rotatable bonds is 2. The quantitative estimate of drug-likeness (QED) is 0.907. The largest absolute Gasteiger partial charge is 0.492 e. The summed E-state index contributed by atoms with van der Waals surface area (Å²) < 4.78 is 11.2.